The number of rotatable bonds is 3. The molecule has 0 saturated heterocycles. The Labute approximate surface area is 148 Å². The van der Waals surface area contributed by atoms with Gasteiger partial charge in [0.15, 0.2) is 11.5 Å². The summed E-state index contributed by atoms with van der Waals surface area (Å²) >= 11 is 0. The fraction of sp³-hybridized carbons (Fsp3) is 0.368. The van der Waals surface area contributed by atoms with Crippen molar-refractivity contribution in [3.05, 3.63) is 59.2 Å². The smallest absolute Gasteiger partial charge is 0.157 e. The Balaban J connectivity index is 0.00000192. The van der Waals surface area contributed by atoms with E-state index in [0.717, 1.165) is 43.6 Å². The fourth-order valence-electron chi connectivity index (χ4n) is 3.39. The molecule has 2 N–H and O–H groups in total. The van der Waals surface area contributed by atoms with Crippen molar-refractivity contribution in [2.45, 2.75) is 25.7 Å². The highest BCUT2D eigenvalue weighted by molar-refractivity contribution is 8.93. The molecule has 1 heterocycles. The largest absolute Gasteiger partial charge is 0.504 e. The molecule has 0 aliphatic carbocycles. The van der Waals surface area contributed by atoms with Crippen LogP contribution in [0.15, 0.2) is 42.5 Å². The predicted molar refractivity (Wildman–Crippen MR) is 98.8 cm³/mol. The highest BCUT2D eigenvalue weighted by Gasteiger charge is 2.25. The molecule has 0 fully saturated rings. The molecule has 1 aliphatic heterocycles. The van der Waals surface area contributed by atoms with E-state index in [2.05, 4.69) is 36.1 Å². The molecule has 3 nitrogen and oxygen atoms in total. The quantitative estimate of drug-likeness (QED) is 0.792. The van der Waals surface area contributed by atoms with Gasteiger partial charge in [-0.15, -0.1) is 17.0 Å². The van der Waals surface area contributed by atoms with Crippen LogP contribution < -0.4 is 0 Å². The summed E-state index contributed by atoms with van der Waals surface area (Å²) in [5.74, 6) is 0.190. The number of hydrogen-bond acceptors (Lipinski definition) is 3. The number of hydrogen-bond donors (Lipinski definition) is 2. The van der Waals surface area contributed by atoms with Crippen LogP contribution in [0, 0.1) is 0 Å². The van der Waals surface area contributed by atoms with Crippen LogP contribution in [0.4, 0.5) is 0 Å². The molecule has 1 unspecified atom stereocenters. The third-order valence-electron chi connectivity index (χ3n) is 4.49. The summed E-state index contributed by atoms with van der Waals surface area (Å²) in [5.41, 5.74) is 3.54. The highest BCUT2D eigenvalue weighted by atomic mass is 79.9. The van der Waals surface area contributed by atoms with Gasteiger partial charge in [0, 0.05) is 19.0 Å². The topological polar surface area (TPSA) is 43.7 Å². The van der Waals surface area contributed by atoms with Crippen LogP contribution in [0.2, 0.25) is 0 Å². The van der Waals surface area contributed by atoms with E-state index in [1.54, 1.807) is 12.1 Å². The van der Waals surface area contributed by atoms with E-state index in [-0.39, 0.29) is 34.4 Å². The number of fused-ring (bicyclic) bond motifs is 1. The Morgan fingerprint density at radius 2 is 1.78 bits per heavy atom. The molecule has 0 bridgehead atoms. The molecule has 3 rings (SSSR count). The number of phenolic OH excluding ortho intramolecular Hbond substituents is 2. The molecule has 0 spiro atoms. The van der Waals surface area contributed by atoms with Gasteiger partial charge in [0.2, 0.25) is 0 Å². The Bertz CT molecular complexity index is 645. The molecule has 0 aromatic heterocycles. The molecule has 124 valence electrons. The van der Waals surface area contributed by atoms with Gasteiger partial charge in [-0.1, -0.05) is 37.3 Å². The Hall–Kier alpha value is -1.52. The normalized spacial score (nSPS) is 17.9. The summed E-state index contributed by atoms with van der Waals surface area (Å²) in [6.07, 6.45) is 2.04. The maximum absolute atomic E-state index is 9.94. The molecule has 4 heteroatoms. The second kappa shape index (κ2) is 7.84. The standard InChI is InChI=1S/C19H23NO2.BrH/c1-2-9-20-10-8-15-11-18(21)19(22)12-16(15)17(13-20)14-6-4-3-5-7-14;/h3-7,11-12,17,21-22H,2,8-10,13H2,1H3;1H. The van der Waals surface area contributed by atoms with E-state index in [1.807, 2.05) is 6.07 Å². The number of aromatic hydroxyl groups is 2. The summed E-state index contributed by atoms with van der Waals surface area (Å²) in [7, 11) is 0. The first-order chi connectivity index (χ1) is 10.7. The predicted octanol–water partition coefficient (Wildman–Crippen LogP) is 4.08. The van der Waals surface area contributed by atoms with Crippen LogP contribution in [-0.4, -0.2) is 34.7 Å². The summed E-state index contributed by atoms with van der Waals surface area (Å²) in [6, 6.07) is 13.9. The van der Waals surface area contributed by atoms with Crippen LogP contribution in [0.25, 0.3) is 0 Å². The Kier molecular flexibility index (Phi) is 6.08. The van der Waals surface area contributed by atoms with Crippen LogP contribution in [0.5, 0.6) is 11.5 Å². The van der Waals surface area contributed by atoms with Crippen molar-refractivity contribution in [1.29, 1.82) is 0 Å². The van der Waals surface area contributed by atoms with Gasteiger partial charge >= 0.3 is 0 Å². The fourth-order valence-corrected chi connectivity index (χ4v) is 3.39. The van der Waals surface area contributed by atoms with Crippen molar-refractivity contribution in [2.24, 2.45) is 0 Å². The minimum atomic E-state index is -0.0244. The van der Waals surface area contributed by atoms with Crippen LogP contribution >= 0.6 is 17.0 Å². The van der Waals surface area contributed by atoms with Gasteiger partial charge in [0.1, 0.15) is 0 Å². The maximum Gasteiger partial charge on any atom is 0.157 e. The maximum atomic E-state index is 9.94. The summed E-state index contributed by atoms with van der Waals surface area (Å²) in [5, 5.41) is 19.8. The van der Waals surface area contributed by atoms with E-state index in [1.165, 1.54) is 5.56 Å². The average molecular weight is 378 g/mol. The minimum absolute atomic E-state index is 0. The summed E-state index contributed by atoms with van der Waals surface area (Å²) in [6.45, 7) is 5.23. The first kappa shape index (κ1) is 17.8. The van der Waals surface area contributed by atoms with Gasteiger partial charge in [0.25, 0.3) is 0 Å². The number of nitrogens with zero attached hydrogens (tertiary/aromatic N) is 1. The second-order valence-electron chi connectivity index (χ2n) is 6.05. The SMILES string of the molecule is Br.CCCN1CCc2cc(O)c(O)cc2C(c2ccccc2)C1. The van der Waals surface area contributed by atoms with Crippen molar-refractivity contribution in [2.75, 3.05) is 19.6 Å². The molecule has 2 aromatic rings. The van der Waals surface area contributed by atoms with Gasteiger partial charge in [-0.2, -0.15) is 0 Å². The van der Waals surface area contributed by atoms with Gasteiger partial charge in [-0.3, -0.25) is 0 Å². The van der Waals surface area contributed by atoms with E-state index in [9.17, 15) is 10.2 Å². The third kappa shape index (κ3) is 3.88. The van der Waals surface area contributed by atoms with Crippen molar-refractivity contribution >= 4 is 17.0 Å². The van der Waals surface area contributed by atoms with Crippen LogP contribution in [0.1, 0.15) is 36.0 Å². The first-order valence-electron chi connectivity index (χ1n) is 8.01. The molecule has 0 saturated carbocycles. The summed E-state index contributed by atoms with van der Waals surface area (Å²) in [4.78, 5) is 2.48. The van der Waals surface area contributed by atoms with Gasteiger partial charge in [0.05, 0.1) is 0 Å². The Morgan fingerprint density at radius 1 is 1.09 bits per heavy atom. The van der Waals surface area contributed by atoms with E-state index >= 15 is 0 Å². The van der Waals surface area contributed by atoms with Crippen molar-refractivity contribution in [1.82, 2.24) is 4.90 Å². The third-order valence-corrected chi connectivity index (χ3v) is 4.49. The highest BCUT2D eigenvalue weighted by Crippen LogP contribution is 2.37. The van der Waals surface area contributed by atoms with Crippen LogP contribution in [0.3, 0.4) is 0 Å². The molecular weight excluding hydrogens is 354 g/mol. The van der Waals surface area contributed by atoms with Gasteiger partial charge in [-0.25, -0.2) is 0 Å². The Morgan fingerprint density at radius 3 is 2.48 bits per heavy atom. The minimum Gasteiger partial charge on any atom is -0.504 e. The number of phenols is 2. The molecule has 2 aromatic carbocycles. The van der Waals surface area contributed by atoms with Crippen molar-refractivity contribution in [3.8, 4) is 11.5 Å². The van der Waals surface area contributed by atoms with E-state index in [4.69, 9.17) is 0 Å². The van der Waals surface area contributed by atoms with Gasteiger partial charge in [-0.05, 0) is 48.2 Å². The molecule has 0 radical (unpaired) electrons. The molecule has 0 amide bonds. The number of benzene rings is 2. The monoisotopic (exact) mass is 377 g/mol. The van der Waals surface area contributed by atoms with Crippen molar-refractivity contribution < 1.29 is 10.2 Å². The van der Waals surface area contributed by atoms with Crippen LogP contribution in [-0.2, 0) is 6.42 Å². The molecule has 23 heavy (non-hydrogen) atoms. The molecule has 1 aliphatic rings. The lowest BCUT2D eigenvalue weighted by molar-refractivity contribution is 0.277. The second-order valence-corrected chi connectivity index (χ2v) is 6.05. The zero-order valence-corrected chi connectivity index (χ0v) is 15.1. The van der Waals surface area contributed by atoms with E-state index < -0.39 is 0 Å². The number of halogens is 1. The lowest BCUT2D eigenvalue weighted by Crippen LogP contribution is -2.29. The molecular formula is C19H24BrNO2. The lowest BCUT2D eigenvalue weighted by atomic mass is 9.87. The average Bonchev–Trinajstić information content (AvgIpc) is 2.70. The van der Waals surface area contributed by atoms with Gasteiger partial charge < -0.3 is 15.1 Å². The zero-order valence-electron chi connectivity index (χ0n) is 13.4. The van der Waals surface area contributed by atoms with Crippen molar-refractivity contribution in [3.63, 3.8) is 0 Å². The molecule has 1 atom stereocenters. The van der Waals surface area contributed by atoms with E-state index in [0.29, 0.717) is 0 Å². The zero-order chi connectivity index (χ0) is 15.5. The lowest BCUT2D eigenvalue weighted by Gasteiger charge is -2.25. The summed E-state index contributed by atoms with van der Waals surface area (Å²) < 4.78 is 0. The first-order valence-corrected chi connectivity index (χ1v) is 8.01.